The molecule has 33 heavy (non-hydrogen) atoms. The Kier molecular flexibility index (Phi) is 8.25. The van der Waals surface area contributed by atoms with Gasteiger partial charge >= 0.3 is 5.97 Å². The molecule has 0 aliphatic heterocycles. The Morgan fingerprint density at radius 2 is 1.85 bits per heavy atom. The summed E-state index contributed by atoms with van der Waals surface area (Å²) in [4.78, 5) is 24.5. The number of amides is 1. The summed E-state index contributed by atoms with van der Waals surface area (Å²) in [5.74, 6) is -0.628. The van der Waals surface area contributed by atoms with Gasteiger partial charge in [-0.15, -0.1) is 0 Å². The Morgan fingerprint density at radius 3 is 2.52 bits per heavy atom. The number of nitrogens with zero attached hydrogens (tertiary/aromatic N) is 1. The summed E-state index contributed by atoms with van der Waals surface area (Å²) in [5, 5.41) is 12.7. The number of hydrogen-bond acceptors (Lipinski definition) is 5. The Bertz CT molecular complexity index is 1250. The third kappa shape index (κ3) is 6.45. The number of esters is 1. The molecule has 8 heteroatoms. The molecule has 0 atom stereocenters. The van der Waals surface area contributed by atoms with Gasteiger partial charge < -0.3 is 14.8 Å². The monoisotopic (exact) mass is 524 g/mol. The van der Waals surface area contributed by atoms with Crippen molar-refractivity contribution in [1.82, 2.24) is 0 Å². The second-order valence-corrected chi connectivity index (χ2v) is 8.06. The molecule has 0 unspecified atom stereocenters. The lowest BCUT2D eigenvalue weighted by molar-refractivity contribution is -0.112. The number of halogens is 2. The van der Waals surface area contributed by atoms with Crippen LogP contribution < -0.4 is 10.1 Å². The number of carbonyl (C=O) groups excluding carboxylic acids is 2. The number of benzene rings is 3. The number of carbonyl (C=O) groups is 2. The van der Waals surface area contributed by atoms with Gasteiger partial charge in [-0.1, -0.05) is 41.9 Å². The number of nitrogens with one attached hydrogen (secondary N) is 1. The van der Waals surface area contributed by atoms with Crippen LogP contribution in [0.4, 0.5) is 5.69 Å². The van der Waals surface area contributed by atoms with E-state index in [0.717, 1.165) is 5.56 Å². The van der Waals surface area contributed by atoms with E-state index in [-0.39, 0.29) is 16.8 Å². The predicted molar refractivity (Wildman–Crippen MR) is 130 cm³/mol. The highest BCUT2D eigenvalue weighted by Gasteiger charge is 2.16. The van der Waals surface area contributed by atoms with E-state index in [0.29, 0.717) is 27.4 Å². The number of nitriles is 1. The van der Waals surface area contributed by atoms with E-state index in [1.54, 1.807) is 48.5 Å². The molecule has 0 heterocycles. The fourth-order valence-corrected chi connectivity index (χ4v) is 3.49. The van der Waals surface area contributed by atoms with Gasteiger partial charge in [0, 0.05) is 5.02 Å². The van der Waals surface area contributed by atoms with Gasteiger partial charge in [-0.05, 0) is 69.5 Å². The second-order valence-electron chi connectivity index (χ2n) is 6.77. The molecule has 0 aliphatic rings. The lowest BCUT2D eigenvalue weighted by Gasteiger charge is -2.10. The van der Waals surface area contributed by atoms with Crippen molar-refractivity contribution < 1.29 is 19.1 Å². The fraction of sp³-hybridized carbons (Fsp3) is 0.0800. The highest BCUT2D eigenvalue weighted by molar-refractivity contribution is 9.10. The van der Waals surface area contributed by atoms with Crippen molar-refractivity contribution in [3.05, 3.63) is 98.5 Å². The zero-order chi connectivity index (χ0) is 23.8. The molecular weight excluding hydrogens is 508 g/mol. The maximum atomic E-state index is 12.6. The van der Waals surface area contributed by atoms with Crippen LogP contribution in [0, 0.1) is 11.3 Å². The average molecular weight is 526 g/mol. The van der Waals surface area contributed by atoms with Gasteiger partial charge in [0.2, 0.25) is 0 Å². The van der Waals surface area contributed by atoms with E-state index < -0.39 is 11.9 Å². The van der Waals surface area contributed by atoms with Crippen molar-refractivity contribution in [3.8, 4) is 11.8 Å². The Balaban J connectivity index is 1.74. The smallest absolute Gasteiger partial charge is 0.339 e. The first kappa shape index (κ1) is 24.1. The Morgan fingerprint density at radius 1 is 1.12 bits per heavy atom. The molecule has 0 bridgehead atoms. The number of methoxy groups -OCH3 is 1. The van der Waals surface area contributed by atoms with Crippen LogP contribution in [0.25, 0.3) is 6.08 Å². The van der Waals surface area contributed by atoms with Crippen LogP contribution in [0.5, 0.6) is 5.75 Å². The van der Waals surface area contributed by atoms with Crippen LogP contribution in [0.1, 0.15) is 21.5 Å². The van der Waals surface area contributed by atoms with Crippen molar-refractivity contribution >= 4 is 51.2 Å². The lowest BCUT2D eigenvalue weighted by Crippen LogP contribution is -2.16. The first-order valence-corrected chi connectivity index (χ1v) is 10.9. The van der Waals surface area contributed by atoms with Crippen molar-refractivity contribution in [2.75, 3.05) is 12.4 Å². The predicted octanol–water partition coefficient (Wildman–Crippen LogP) is 6.01. The van der Waals surface area contributed by atoms with Crippen molar-refractivity contribution in [3.63, 3.8) is 0 Å². The number of anilines is 1. The minimum atomic E-state index is -0.645. The van der Waals surface area contributed by atoms with Crippen LogP contribution in [0.2, 0.25) is 5.02 Å². The lowest BCUT2D eigenvalue weighted by atomic mass is 10.1. The molecule has 1 N–H and O–H groups in total. The van der Waals surface area contributed by atoms with Gasteiger partial charge in [0.05, 0.1) is 22.8 Å². The average Bonchev–Trinajstić information content (AvgIpc) is 2.82. The molecule has 0 saturated carbocycles. The topological polar surface area (TPSA) is 88.4 Å². The summed E-state index contributed by atoms with van der Waals surface area (Å²) in [6.07, 6.45) is 1.45. The summed E-state index contributed by atoms with van der Waals surface area (Å²) >= 11 is 9.35. The minimum absolute atomic E-state index is 0.128. The van der Waals surface area contributed by atoms with Gasteiger partial charge in [0.25, 0.3) is 5.91 Å². The van der Waals surface area contributed by atoms with E-state index in [1.165, 1.54) is 19.3 Å². The van der Waals surface area contributed by atoms with Crippen LogP contribution in [0.3, 0.4) is 0 Å². The third-order valence-electron chi connectivity index (χ3n) is 4.52. The van der Waals surface area contributed by atoms with Crippen LogP contribution in [0.15, 0.2) is 76.8 Å². The van der Waals surface area contributed by atoms with Crippen molar-refractivity contribution in [1.29, 1.82) is 5.26 Å². The summed E-state index contributed by atoms with van der Waals surface area (Å²) in [7, 11) is 1.25. The molecule has 3 rings (SSSR count). The standard InChI is InChI=1S/C25H18BrClN2O4/c1-32-25(31)20-4-2-3-5-22(20)29-24(30)18(14-28)12-17-8-11-23(21(26)13-17)33-15-16-6-9-19(27)10-7-16/h2-13H,15H2,1H3,(H,29,30)/b18-12+. The molecule has 3 aromatic rings. The fourth-order valence-electron chi connectivity index (χ4n) is 2.85. The second kappa shape index (κ2) is 11.3. The largest absolute Gasteiger partial charge is 0.488 e. The van der Waals surface area contributed by atoms with Gasteiger partial charge in [-0.2, -0.15) is 5.26 Å². The zero-order valence-electron chi connectivity index (χ0n) is 17.5. The maximum Gasteiger partial charge on any atom is 0.339 e. The summed E-state index contributed by atoms with van der Waals surface area (Å²) in [6.45, 7) is 0.358. The van der Waals surface area contributed by atoms with E-state index in [9.17, 15) is 14.9 Å². The minimum Gasteiger partial charge on any atom is -0.488 e. The van der Waals surface area contributed by atoms with E-state index in [4.69, 9.17) is 21.1 Å². The zero-order valence-corrected chi connectivity index (χ0v) is 19.8. The van der Waals surface area contributed by atoms with Gasteiger partial charge in [-0.25, -0.2) is 4.79 Å². The first-order chi connectivity index (χ1) is 15.9. The highest BCUT2D eigenvalue weighted by atomic mass is 79.9. The van der Waals surface area contributed by atoms with Gasteiger partial charge in [0.15, 0.2) is 0 Å². The molecule has 0 spiro atoms. The highest BCUT2D eigenvalue weighted by Crippen LogP contribution is 2.28. The van der Waals surface area contributed by atoms with E-state index >= 15 is 0 Å². The number of ether oxygens (including phenoxy) is 2. The molecule has 0 fully saturated rings. The van der Waals surface area contributed by atoms with E-state index in [1.807, 2.05) is 18.2 Å². The first-order valence-electron chi connectivity index (χ1n) is 9.68. The molecule has 1 amide bonds. The molecule has 0 aliphatic carbocycles. The van der Waals surface area contributed by atoms with Gasteiger partial charge in [-0.3, -0.25) is 4.79 Å². The number of hydrogen-bond donors (Lipinski definition) is 1. The van der Waals surface area contributed by atoms with Crippen LogP contribution in [-0.2, 0) is 16.1 Å². The number of para-hydroxylation sites is 1. The van der Waals surface area contributed by atoms with E-state index in [2.05, 4.69) is 21.2 Å². The normalized spacial score (nSPS) is 10.8. The SMILES string of the molecule is COC(=O)c1ccccc1NC(=O)/C(C#N)=C/c1ccc(OCc2ccc(Cl)cc2)c(Br)c1. The summed E-state index contributed by atoms with van der Waals surface area (Å²) < 4.78 is 11.2. The summed E-state index contributed by atoms with van der Waals surface area (Å²) in [6, 6.07) is 20.8. The molecule has 6 nitrogen and oxygen atoms in total. The molecule has 0 aromatic heterocycles. The molecule has 3 aromatic carbocycles. The molecule has 0 saturated heterocycles. The van der Waals surface area contributed by atoms with Crippen molar-refractivity contribution in [2.45, 2.75) is 6.61 Å². The Hall–Kier alpha value is -3.60. The van der Waals surface area contributed by atoms with Crippen LogP contribution in [-0.4, -0.2) is 19.0 Å². The van der Waals surface area contributed by atoms with Gasteiger partial charge in [0.1, 0.15) is 24.0 Å². The Labute approximate surface area is 204 Å². The number of rotatable bonds is 7. The molecular formula is C25H18BrClN2O4. The van der Waals surface area contributed by atoms with Crippen LogP contribution >= 0.6 is 27.5 Å². The maximum absolute atomic E-state index is 12.6. The third-order valence-corrected chi connectivity index (χ3v) is 5.39. The molecule has 166 valence electrons. The molecule has 0 radical (unpaired) electrons. The quantitative estimate of drug-likeness (QED) is 0.232. The van der Waals surface area contributed by atoms with Crippen molar-refractivity contribution in [2.24, 2.45) is 0 Å². The summed E-state index contributed by atoms with van der Waals surface area (Å²) in [5.41, 5.74) is 1.90.